The number of amides is 2. The summed E-state index contributed by atoms with van der Waals surface area (Å²) in [5, 5.41) is 14.0. The van der Waals surface area contributed by atoms with Crippen LogP contribution in [0, 0.1) is 5.92 Å². The van der Waals surface area contributed by atoms with Crippen molar-refractivity contribution in [3.05, 3.63) is 0 Å². The van der Waals surface area contributed by atoms with Gasteiger partial charge in [0.1, 0.15) is 6.04 Å². The minimum atomic E-state index is -1.03. The lowest BCUT2D eigenvalue weighted by Crippen LogP contribution is -2.48. The molecule has 0 aromatic heterocycles. The molecule has 0 aromatic carbocycles. The number of carbonyl (C=O) groups is 2. The van der Waals surface area contributed by atoms with Gasteiger partial charge in [-0.2, -0.15) is 0 Å². The number of carboxylic acids is 1. The van der Waals surface area contributed by atoms with Gasteiger partial charge in [-0.1, -0.05) is 13.8 Å². The molecule has 7 heteroatoms. The van der Waals surface area contributed by atoms with E-state index in [1.54, 1.807) is 21.0 Å². The van der Waals surface area contributed by atoms with Crippen molar-refractivity contribution in [1.82, 2.24) is 10.6 Å². The van der Waals surface area contributed by atoms with E-state index in [1.165, 1.54) is 0 Å². The average Bonchev–Trinajstić information content (AvgIpc) is 2.38. The first-order chi connectivity index (χ1) is 9.49. The summed E-state index contributed by atoms with van der Waals surface area (Å²) >= 11 is 0. The van der Waals surface area contributed by atoms with Gasteiger partial charge in [0.2, 0.25) is 0 Å². The van der Waals surface area contributed by atoms with Crippen LogP contribution in [-0.4, -0.2) is 56.6 Å². The molecule has 0 aromatic rings. The molecular formula is C13H26N2O5. The first-order valence-corrected chi connectivity index (χ1v) is 6.83. The maximum absolute atomic E-state index is 11.5. The second kappa shape index (κ2) is 11.5. The third kappa shape index (κ3) is 9.57. The molecule has 0 aliphatic rings. The monoisotopic (exact) mass is 290 g/mol. The van der Waals surface area contributed by atoms with E-state index in [9.17, 15) is 9.59 Å². The zero-order chi connectivity index (χ0) is 15.4. The molecule has 0 heterocycles. The van der Waals surface area contributed by atoms with Crippen LogP contribution < -0.4 is 10.6 Å². The Labute approximate surface area is 120 Å². The standard InChI is InChI=1S/C13H26N2O5/c1-10(2)11(12(16)17)15-13(18)14-6-4-5-7-20-9-8-19-3/h10-11H,4-9H2,1-3H3,(H,16,17)(H2,14,15,18)/t11-/m0/s1. The Balaban J connectivity index is 3.60. The second-order valence-corrected chi connectivity index (χ2v) is 4.77. The Morgan fingerprint density at radius 2 is 1.85 bits per heavy atom. The predicted molar refractivity (Wildman–Crippen MR) is 74.7 cm³/mol. The molecule has 0 rings (SSSR count). The molecule has 0 unspecified atom stereocenters. The summed E-state index contributed by atoms with van der Waals surface area (Å²) in [5.74, 6) is -1.19. The highest BCUT2D eigenvalue weighted by Gasteiger charge is 2.22. The van der Waals surface area contributed by atoms with Crippen LogP contribution >= 0.6 is 0 Å². The highest BCUT2D eigenvalue weighted by atomic mass is 16.5. The molecule has 2 amide bonds. The van der Waals surface area contributed by atoms with E-state index in [-0.39, 0.29) is 5.92 Å². The van der Waals surface area contributed by atoms with Crippen LogP contribution in [0.4, 0.5) is 4.79 Å². The smallest absolute Gasteiger partial charge is 0.326 e. The maximum atomic E-state index is 11.5. The van der Waals surface area contributed by atoms with Crippen LogP contribution in [0.2, 0.25) is 0 Å². The zero-order valence-electron chi connectivity index (χ0n) is 12.5. The van der Waals surface area contributed by atoms with Gasteiger partial charge < -0.3 is 25.2 Å². The summed E-state index contributed by atoms with van der Waals surface area (Å²) in [6.45, 7) is 5.75. The number of aliphatic carboxylic acids is 1. The Hall–Kier alpha value is -1.34. The molecule has 3 N–H and O–H groups in total. The third-order valence-corrected chi connectivity index (χ3v) is 2.65. The lowest BCUT2D eigenvalue weighted by molar-refractivity contribution is -0.140. The van der Waals surface area contributed by atoms with Crippen LogP contribution in [0.25, 0.3) is 0 Å². The molecule has 1 atom stereocenters. The molecule has 7 nitrogen and oxygen atoms in total. The van der Waals surface area contributed by atoms with E-state index >= 15 is 0 Å². The molecule has 0 aliphatic carbocycles. The van der Waals surface area contributed by atoms with Crippen molar-refractivity contribution < 1.29 is 24.2 Å². The molecule has 0 saturated carbocycles. The molecule has 0 spiro atoms. The Morgan fingerprint density at radius 1 is 1.15 bits per heavy atom. The first-order valence-electron chi connectivity index (χ1n) is 6.83. The van der Waals surface area contributed by atoms with Crippen LogP contribution in [-0.2, 0) is 14.3 Å². The Kier molecular flexibility index (Phi) is 10.7. The number of methoxy groups -OCH3 is 1. The van der Waals surface area contributed by atoms with Crippen LogP contribution in [0.1, 0.15) is 26.7 Å². The number of ether oxygens (including phenoxy) is 2. The van der Waals surface area contributed by atoms with Crippen molar-refractivity contribution >= 4 is 12.0 Å². The van der Waals surface area contributed by atoms with Crippen molar-refractivity contribution in [2.75, 3.05) is 33.5 Å². The van der Waals surface area contributed by atoms with Gasteiger partial charge in [0.15, 0.2) is 0 Å². The van der Waals surface area contributed by atoms with Gasteiger partial charge in [-0.25, -0.2) is 9.59 Å². The molecule has 0 bridgehead atoms. The van der Waals surface area contributed by atoms with Crippen molar-refractivity contribution in [3.63, 3.8) is 0 Å². The molecule has 0 fully saturated rings. The molecule has 0 radical (unpaired) electrons. The van der Waals surface area contributed by atoms with E-state index < -0.39 is 18.0 Å². The average molecular weight is 290 g/mol. The fraction of sp³-hybridized carbons (Fsp3) is 0.846. The second-order valence-electron chi connectivity index (χ2n) is 4.77. The number of urea groups is 1. The van der Waals surface area contributed by atoms with Crippen LogP contribution in [0.3, 0.4) is 0 Å². The van der Waals surface area contributed by atoms with Crippen molar-refractivity contribution in [3.8, 4) is 0 Å². The number of carbonyl (C=O) groups excluding carboxylic acids is 1. The lowest BCUT2D eigenvalue weighted by atomic mass is 10.1. The molecule has 20 heavy (non-hydrogen) atoms. The fourth-order valence-corrected chi connectivity index (χ4v) is 1.48. The highest BCUT2D eigenvalue weighted by molar-refractivity contribution is 5.82. The number of hydrogen-bond donors (Lipinski definition) is 3. The summed E-state index contributed by atoms with van der Waals surface area (Å²) < 4.78 is 10.1. The summed E-state index contributed by atoms with van der Waals surface area (Å²) in [7, 11) is 1.62. The minimum absolute atomic E-state index is 0.160. The molecular weight excluding hydrogens is 264 g/mol. The largest absolute Gasteiger partial charge is 0.480 e. The molecule has 118 valence electrons. The predicted octanol–water partition coefficient (Wildman–Crippen LogP) is 0.838. The molecule has 0 aliphatic heterocycles. The van der Waals surface area contributed by atoms with E-state index in [0.717, 1.165) is 12.8 Å². The topological polar surface area (TPSA) is 96.9 Å². The number of nitrogens with one attached hydrogen (secondary N) is 2. The number of hydrogen-bond acceptors (Lipinski definition) is 4. The lowest BCUT2D eigenvalue weighted by Gasteiger charge is -2.18. The number of carboxylic acid groups (broad SMARTS) is 1. The Bertz CT molecular complexity index is 284. The van der Waals surface area contributed by atoms with Gasteiger partial charge in [-0.3, -0.25) is 0 Å². The summed E-state index contributed by atoms with van der Waals surface area (Å²) in [6.07, 6.45) is 1.61. The Morgan fingerprint density at radius 3 is 2.40 bits per heavy atom. The van der Waals surface area contributed by atoms with Gasteiger partial charge in [0.25, 0.3) is 0 Å². The summed E-state index contributed by atoms with van der Waals surface area (Å²) in [6, 6.07) is -1.32. The SMILES string of the molecule is COCCOCCCCNC(=O)N[C@H](C(=O)O)C(C)C. The quantitative estimate of drug-likeness (QED) is 0.490. The highest BCUT2D eigenvalue weighted by Crippen LogP contribution is 2.01. The molecule has 0 saturated heterocycles. The van der Waals surface area contributed by atoms with E-state index in [2.05, 4.69) is 10.6 Å². The van der Waals surface area contributed by atoms with Crippen LogP contribution in [0.15, 0.2) is 0 Å². The van der Waals surface area contributed by atoms with E-state index in [0.29, 0.717) is 26.4 Å². The third-order valence-electron chi connectivity index (χ3n) is 2.65. The maximum Gasteiger partial charge on any atom is 0.326 e. The first kappa shape index (κ1) is 18.7. The van der Waals surface area contributed by atoms with Gasteiger partial charge in [-0.05, 0) is 18.8 Å². The zero-order valence-corrected chi connectivity index (χ0v) is 12.5. The van der Waals surface area contributed by atoms with Crippen molar-refractivity contribution in [2.45, 2.75) is 32.7 Å². The van der Waals surface area contributed by atoms with E-state index in [1.807, 2.05) is 0 Å². The normalized spacial score (nSPS) is 12.2. The number of unbranched alkanes of at least 4 members (excludes halogenated alkanes) is 1. The fourth-order valence-electron chi connectivity index (χ4n) is 1.48. The van der Waals surface area contributed by atoms with Crippen molar-refractivity contribution in [2.24, 2.45) is 5.92 Å². The summed E-state index contributed by atoms with van der Waals surface area (Å²) in [5.41, 5.74) is 0. The van der Waals surface area contributed by atoms with Crippen LogP contribution in [0.5, 0.6) is 0 Å². The van der Waals surface area contributed by atoms with Gasteiger partial charge in [0.05, 0.1) is 13.2 Å². The summed E-state index contributed by atoms with van der Waals surface area (Å²) in [4.78, 5) is 22.4. The minimum Gasteiger partial charge on any atom is -0.480 e. The van der Waals surface area contributed by atoms with Gasteiger partial charge >= 0.3 is 12.0 Å². The van der Waals surface area contributed by atoms with E-state index in [4.69, 9.17) is 14.6 Å². The van der Waals surface area contributed by atoms with Crippen molar-refractivity contribution in [1.29, 1.82) is 0 Å². The van der Waals surface area contributed by atoms with Gasteiger partial charge in [0, 0.05) is 20.3 Å². The number of rotatable bonds is 11. The van der Waals surface area contributed by atoms with Gasteiger partial charge in [-0.15, -0.1) is 0 Å².